The Morgan fingerprint density at radius 1 is 1.21 bits per heavy atom. The number of alkyl carbamates (subject to hydrolysis) is 1. The topological polar surface area (TPSA) is 58.6 Å². The van der Waals surface area contributed by atoms with Crippen LogP contribution in [0.3, 0.4) is 0 Å². The van der Waals surface area contributed by atoms with Crippen molar-refractivity contribution < 1.29 is 14.6 Å². The molecule has 0 aliphatic heterocycles. The third-order valence-corrected chi connectivity index (χ3v) is 4.96. The number of aliphatic hydroxyl groups is 1. The third-order valence-electron chi connectivity index (χ3n) is 4.96. The second kappa shape index (κ2) is 3.87. The fourth-order valence-electron chi connectivity index (χ4n) is 3.80. The van der Waals surface area contributed by atoms with Gasteiger partial charge in [-0.05, 0) is 70.6 Å². The van der Waals surface area contributed by atoms with Crippen LogP contribution in [-0.4, -0.2) is 28.4 Å². The summed E-state index contributed by atoms with van der Waals surface area (Å²) in [5.41, 5.74) is -0.320. The molecule has 0 aromatic heterocycles. The molecule has 3 aliphatic carbocycles. The molecule has 108 valence electrons. The second-order valence-corrected chi connectivity index (χ2v) is 7.96. The lowest BCUT2D eigenvalue weighted by molar-refractivity contribution is -0.104. The molecule has 3 fully saturated rings. The molecule has 1 spiro atoms. The number of hydrogen-bond acceptors (Lipinski definition) is 3. The maximum atomic E-state index is 11.6. The lowest BCUT2D eigenvalue weighted by atomic mass is 9.48. The van der Waals surface area contributed by atoms with Gasteiger partial charge >= 0.3 is 6.09 Å². The molecule has 0 aromatic carbocycles. The summed E-state index contributed by atoms with van der Waals surface area (Å²) in [5, 5.41) is 13.0. The minimum atomic E-state index is -0.428. The van der Waals surface area contributed by atoms with Crippen LogP contribution < -0.4 is 5.32 Å². The predicted molar refractivity (Wildman–Crippen MR) is 71.7 cm³/mol. The number of carbonyl (C=O) groups excluding carboxylic acids is 1. The largest absolute Gasteiger partial charge is 0.444 e. The zero-order valence-electron chi connectivity index (χ0n) is 12.2. The van der Waals surface area contributed by atoms with Crippen molar-refractivity contribution in [2.45, 2.75) is 76.5 Å². The van der Waals surface area contributed by atoms with Gasteiger partial charge in [-0.3, -0.25) is 0 Å². The zero-order chi connectivity index (χ0) is 13.9. The first-order valence-corrected chi connectivity index (χ1v) is 7.42. The Bertz CT molecular complexity index is 381. The fraction of sp³-hybridized carbons (Fsp3) is 0.933. The highest BCUT2D eigenvalue weighted by molar-refractivity contribution is 5.68. The molecule has 2 N–H and O–H groups in total. The van der Waals surface area contributed by atoms with E-state index in [1.54, 1.807) is 0 Å². The quantitative estimate of drug-likeness (QED) is 0.808. The molecule has 0 heterocycles. The summed E-state index contributed by atoms with van der Waals surface area (Å²) >= 11 is 0. The highest BCUT2D eigenvalue weighted by atomic mass is 16.6. The Hall–Kier alpha value is -0.770. The SMILES string of the molecule is CC(C)(C)OC(=O)NC1CC2(C1)CC(C1(O)CC1)C2. The summed E-state index contributed by atoms with van der Waals surface area (Å²) in [6.45, 7) is 5.63. The number of amides is 1. The van der Waals surface area contributed by atoms with Crippen molar-refractivity contribution in [1.82, 2.24) is 5.32 Å². The lowest BCUT2D eigenvalue weighted by Crippen LogP contribution is -2.58. The van der Waals surface area contributed by atoms with E-state index in [9.17, 15) is 9.90 Å². The van der Waals surface area contributed by atoms with Gasteiger partial charge in [0.1, 0.15) is 5.60 Å². The Kier molecular flexibility index (Phi) is 2.70. The molecule has 4 heteroatoms. The first-order chi connectivity index (χ1) is 8.70. The number of rotatable bonds is 2. The van der Waals surface area contributed by atoms with E-state index >= 15 is 0 Å². The van der Waals surface area contributed by atoms with E-state index in [-0.39, 0.29) is 17.7 Å². The van der Waals surface area contributed by atoms with Crippen LogP contribution >= 0.6 is 0 Å². The number of ether oxygens (including phenoxy) is 1. The van der Waals surface area contributed by atoms with Crippen LogP contribution in [-0.2, 0) is 4.74 Å². The van der Waals surface area contributed by atoms with Gasteiger partial charge in [0.05, 0.1) is 5.60 Å². The van der Waals surface area contributed by atoms with Gasteiger partial charge in [0.15, 0.2) is 0 Å². The monoisotopic (exact) mass is 267 g/mol. The van der Waals surface area contributed by atoms with Gasteiger partial charge < -0.3 is 15.2 Å². The van der Waals surface area contributed by atoms with Crippen LogP contribution in [0.2, 0.25) is 0 Å². The molecule has 1 amide bonds. The minimum absolute atomic E-state index is 0.268. The van der Waals surface area contributed by atoms with Crippen molar-refractivity contribution in [3.8, 4) is 0 Å². The van der Waals surface area contributed by atoms with Crippen molar-refractivity contribution in [3.05, 3.63) is 0 Å². The van der Waals surface area contributed by atoms with Gasteiger partial charge in [0, 0.05) is 6.04 Å². The van der Waals surface area contributed by atoms with Crippen molar-refractivity contribution in [3.63, 3.8) is 0 Å². The van der Waals surface area contributed by atoms with Crippen LogP contribution in [0.5, 0.6) is 0 Å². The highest BCUT2D eigenvalue weighted by Gasteiger charge is 2.61. The average Bonchev–Trinajstić information content (AvgIpc) is 2.83. The maximum absolute atomic E-state index is 11.6. The highest BCUT2D eigenvalue weighted by Crippen LogP contribution is 2.65. The van der Waals surface area contributed by atoms with Crippen molar-refractivity contribution >= 4 is 6.09 Å². The van der Waals surface area contributed by atoms with Crippen LogP contribution in [0, 0.1) is 11.3 Å². The van der Waals surface area contributed by atoms with Crippen LogP contribution in [0.4, 0.5) is 4.79 Å². The van der Waals surface area contributed by atoms with E-state index in [1.807, 2.05) is 20.8 Å². The Labute approximate surface area is 114 Å². The van der Waals surface area contributed by atoms with Crippen molar-refractivity contribution in [1.29, 1.82) is 0 Å². The van der Waals surface area contributed by atoms with Gasteiger partial charge in [-0.2, -0.15) is 0 Å². The molecule has 3 rings (SSSR count). The average molecular weight is 267 g/mol. The number of carbonyl (C=O) groups is 1. The minimum Gasteiger partial charge on any atom is -0.444 e. The molecule has 19 heavy (non-hydrogen) atoms. The van der Waals surface area contributed by atoms with E-state index < -0.39 is 5.60 Å². The van der Waals surface area contributed by atoms with Crippen molar-refractivity contribution in [2.24, 2.45) is 11.3 Å². The first-order valence-electron chi connectivity index (χ1n) is 7.42. The van der Waals surface area contributed by atoms with Crippen molar-refractivity contribution in [2.75, 3.05) is 0 Å². The molecule has 0 radical (unpaired) electrons. The Balaban J connectivity index is 1.38. The summed E-state index contributed by atoms with van der Waals surface area (Å²) in [7, 11) is 0. The lowest BCUT2D eigenvalue weighted by Gasteiger charge is -2.59. The summed E-state index contributed by atoms with van der Waals surface area (Å²) < 4.78 is 5.26. The van der Waals surface area contributed by atoms with E-state index in [1.165, 1.54) is 0 Å². The van der Waals surface area contributed by atoms with E-state index in [0.29, 0.717) is 11.3 Å². The van der Waals surface area contributed by atoms with E-state index in [2.05, 4.69) is 5.32 Å². The third kappa shape index (κ3) is 2.60. The number of nitrogens with one attached hydrogen (secondary N) is 1. The van der Waals surface area contributed by atoms with Gasteiger partial charge in [-0.1, -0.05) is 0 Å². The molecule has 0 bridgehead atoms. The Morgan fingerprint density at radius 2 is 1.79 bits per heavy atom. The van der Waals surface area contributed by atoms with Crippen LogP contribution in [0.25, 0.3) is 0 Å². The molecule has 0 atom stereocenters. The standard InChI is InChI=1S/C15H25NO3/c1-13(2,3)19-12(17)16-11-8-14(9-11)6-10(7-14)15(18)4-5-15/h10-11,18H,4-9H2,1-3H3,(H,16,17). The molecular weight excluding hydrogens is 242 g/mol. The maximum Gasteiger partial charge on any atom is 0.407 e. The molecular formula is C15H25NO3. The van der Waals surface area contributed by atoms with Gasteiger partial charge in [-0.25, -0.2) is 4.79 Å². The molecule has 0 saturated heterocycles. The van der Waals surface area contributed by atoms with Gasteiger partial charge in [0.2, 0.25) is 0 Å². The van der Waals surface area contributed by atoms with Crippen LogP contribution in [0.15, 0.2) is 0 Å². The predicted octanol–water partition coefficient (Wildman–Crippen LogP) is 2.59. The molecule has 0 aromatic rings. The molecule has 3 saturated carbocycles. The van der Waals surface area contributed by atoms with Gasteiger partial charge in [-0.15, -0.1) is 0 Å². The van der Waals surface area contributed by atoms with Gasteiger partial charge in [0.25, 0.3) is 0 Å². The number of hydrogen-bond donors (Lipinski definition) is 2. The molecule has 4 nitrogen and oxygen atoms in total. The smallest absolute Gasteiger partial charge is 0.407 e. The summed E-state index contributed by atoms with van der Waals surface area (Å²) in [6.07, 6.45) is 6.09. The van der Waals surface area contributed by atoms with Crippen LogP contribution in [0.1, 0.15) is 59.3 Å². The summed E-state index contributed by atoms with van der Waals surface area (Å²) in [5.74, 6) is 0.523. The summed E-state index contributed by atoms with van der Waals surface area (Å²) in [4.78, 5) is 11.6. The second-order valence-electron chi connectivity index (χ2n) is 7.96. The summed E-state index contributed by atoms with van der Waals surface area (Å²) in [6, 6.07) is 0.268. The fourth-order valence-corrected chi connectivity index (χ4v) is 3.80. The zero-order valence-corrected chi connectivity index (χ0v) is 12.2. The Morgan fingerprint density at radius 3 is 2.26 bits per heavy atom. The first kappa shape index (κ1) is 13.2. The molecule has 0 unspecified atom stereocenters. The normalized spacial score (nSPS) is 39.2. The van der Waals surface area contributed by atoms with E-state index in [4.69, 9.17) is 4.74 Å². The molecule has 3 aliphatic rings. The van der Waals surface area contributed by atoms with E-state index in [0.717, 1.165) is 38.5 Å².